The number of nitrogens with one attached hydrogen (secondary N) is 1. The first-order valence-corrected chi connectivity index (χ1v) is 12.2. The van der Waals surface area contributed by atoms with Crippen molar-refractivity contribution in [2.24, 2.45) is 4.40 Å². The predicted molar refractivity (Wildman–Crippen MR) is 119 cm³/mol. The lowest BCUT2D eigenvalue weighted by atomic mass is 10.1. The number of benzene rings is 2. The van der Waals surface area contributed by atoms with Gasteiger partial charge in [-0.05, 0) is 49.2 Å². The molecule has 0 aliphatic carbocycles. The topological polar surface area (TPSA) is 91.7 Å². The maximum atomic E-state index is 12.8. The summed E-state index contributed by atoms with van der Waals surface area (Å²) < 4.78 is 30.4. The maximum absolute atomic E-state index is 12.8. The van der Waals surface area contributed by atoms with Crippen LogP contribution in [0.2, 0.25) is 5.02 Å². The molecule has 0 bridgehead atoms. The van der Waals surface area contributed by atoms with E-state index in [0.29, 0.717) is 28.1 Å². The van der Waals surface area contributed by atoms with E-state index >= 15 is 0 Å². The molecular weight excluding hydrogens is 444 g/mol. The van der Waals surface area contributed by atoms with Gasteiger partial charge in [-0.1, -0.05) is 29.4 Å². The minimum absolute atomic E-state index is 0.0666. The van der Waals surface area contributed by atoms with E-state index in [1.54, 1.807) is 30.3 Å². The van der Waals surface area contributed by atoms with E-state index in [2.05, 4.69) is 14.7 Å². The van der Waals surface area contributed by atoms with Gasteiger partial charge < -0.3 is 4.90 Å². The van der Waals surface area contributed by atoms with Crippen molar-refractivity contribution in [1.29, 1.82) is 0 Å². The predicted octanol–water partition coefficient (Wildman–Crippen LogP) is 4.68. The van der Waals surface area contributed by atoms with E-state index in [9.17, 15) is 13.2 Å². The number of aromatic nitrogens is 1. The van der Waals surface area contributed by atoms with Gasteiger partial charge in [0.1, 0.15) is 10.7 Å². The van der Waals surface area contributed by atoms with Crippen molar-refractivity contribution in [1.82, 2.24) is 4.98 Å². The second-order valence-electron chi connectivity index (χ2n) is 7.21. The van der Waals surface area contributed by atoms with Gasteiger partial charge in [-0.2, -0.15) is 8.42 Å². The molecule has 0 atom stereocenters. The summed E-state index contributed by atoms with van der Waals surface area (Å²) in [5.41, 5.74) is 1.56. The molecule has 2 aliphatic rings. The number of sulfonamides is 1. The SMILES string of the molecule is O=C(Nc1nc2ccc(Cl)cc2s1)c1ccc2c(c1)S(=O)(=O)N=C1CCCCCN12. The van der Waals surface area contributed by atoms with Gasteiger partial charge in [0.15, 0.2) is 5.13 Å². The molecule has 1 aromatic heterocycles. The average Bonchev–Trinajstić information content (AvgIpc) is 2.95. The van der Waals surface area contributed by atoms with Gasteiger partial charge in [-0.15, -0.1) is 4.40 Å². The normalized spacial score (nSPS) is 17.6. The van der Waals surface area contributed by atoms with Crippen molar-refractivity contribution in [3.63, 3.8) is 0 Å². The standard InChI is InChI=1S/C20H17ClN4O3S2/c21-13-6-7-14-16(11-13)29-20(22-14)23-19(26)12-5-8-15-17(10-12)30(27,28)24-18-4-2-1-3-9-25(15)18/h5-8,10-11H,1-4,9H2,(H,22,23,26). The molecule has 7 nitrogen and oxygen atoms in total. The number of halogens is 1. The second kappa shape index (κ2) is 7.33. The molecule has 5 rings (SSSR count). The number of amidine groups is 1. The van der Waals surface area contributed by atoms with Crippen molar-refractivity contribution >= 4 is 65.7 Å². The lowest BCUT2D eigenvalue weighted by Gasteiger charge is -2.29. The lowest BCUT2D eigenvalue weighted by molar-refractivity contribution is 0.102. The number of carbonyl (C=O) groups excluding carboxylic acids is 1. The second-order valence-corrected chi connectivity index (χ2v) is 10.3. The first-order valence-electron chi connectivity index (χ1n) is 9.54. The molecule has 2 aromatic carbocycles. The zero-order valence-electron chi connectivity index (χ0n) is 15.8. The number of rotatable bonds is 2. The van der Waals surface area contributed by atoms with Gasteiger partial charge in [0.2, 0.25) is 0 Å². The Balaban J connectivity index is 1.47. The molecule has 30 heavy (non-hydrogen) atoms. The van der Waals surface area contributed by atoms with Gasteiger partial charge in [0.05, 0.1) is 15.9 Å². The summed E-state index contributed by atoms with van der Waals surface area (Å²) in [6.07, 6.45) is 3.58. The molecule has 0 unspecified atom stereocenters. The molecule has 1 amide bonds. The summed E-state index contributed by atoms with van der Waals surface area (Å²) in [4.78, 5) is 19.2. The highest BCUT2D eigenvalue weighted by Crippen LogP contribution is 2.35. The summed E-state index contributed by atoms with van der Waals surface area (Å²) >= 11 is 7.31. The Kier molecular flexibility index (Phi) is 4.76. The van der Waals surface area contributed by atoms with E-state index in [-0.39, 0.29) is 10.5 Å². The number of anilines is 2. The van der Waals surface area contributed by atoms with Crippen LogP contribution in [0.1, 0.15) is 36.0 Å². The molecule has 3 heterocycles. The number of amides is 1. The third kappa shape index (κ3) is 3.46. The minimum Gasteiger partial charge on any atom is -0.328 e. The Morgan fingerprint density at radius 2 is 2.00 bits per heavy atom. The zero-order chi connectivity index (χ0) is 20.9. The summed E-state index contributed by atoms with van der Waals surface area (Å²) in [6, 6.07) is 10.0. The number of hydrogen-bond acceptors (Lipinski definition) is 6. The summed E-state index contributed by atoms with van der Waals surface area (Å²) in [5.74, 6) is 0.161. The molecule has 1 saturated heterocycles. The van der Waals surface area contributed by atoms with Crippen LogP contribution in [-0.2, 0) is 10.0 Å². The summed E-state index contributed by atoms with van der Waals surface area (Å²) in [5, 5.41) is 3.77. The van der Waals surface area contributed by atoms with Crippen molar-refractivity contribution < 1.29 is 13.2 Å². The number of carbonyl (C=O) groups is 1. The summed E-state index contributed by atoms with van der Waals surface area (Å²) in [6.45, 7) is 0.723. The van der Waals surface area contributed by atoms with Gasteiger partial charge in [0.25, 0.3) is 15.9 Å². The number of nitrogens with zero attached hydrogens (tertiary/aromatic N) is 3. The number of fused-ring (bicyclic) bond motifs is 4. The molecule has 2 aliphatic heterocycles. The smallest absolute Gasteiger partial charge is 0.286 e. The van der Waals surface area contributed by atoms with Crippen LogP contribution in [0, 0.1) is 0 Å². The fourth-order valence-corrected chi connectivity index (χ4v) is 6.16. The quantitative estimate of drug-likeness (QED) is 0.599. The van der Waals surface area contributed by atoms with E-state index in [4.69, 9.17) is 11.6 Å². The van der Waals surface area contributed by atoms with Crippen molar-refractivity contribution in [2.75, 3.05) is 16.8 Å². The monoisotopic (exact) mass is 460 g/mol. The molecule has 10 heteroatoms. The molecule has 3 aromatic rings. The highest BCUT2D eigenvalue weighted by Gasteiger charge is 2.32. The molecule has 0 spiro atoms. The fraction of sp³-hybridized carbons (Fsp3) is 0.250. The molecule has 154 valence electrons. The van der Waals surface area contributed by atoms with Crippen molar-refractivity contribution in [3.8, 4) is 0 Å². The molecule has 0 saturated carbocycles. The third-order valence-corrected chi connectivity index (χ3v) is 7.68. The van der Waals surface area contributed by atoms with Crippen LogP contribution in [0.4, 0.5) is 10.8 Å². The van der Waals surface area contributed by atoms with Crippen LogP contribution in [0.15, 0.2) is 45.7 Å². The third-order valence-electron chi connectivity index (χ3n) is 5.18. The molecular formula is C20H17ClN4O3S2. The molecule has 0 radical (unpaired) electrons. The lowest BCUT2D eigenvalue weighted by Crippen LogP contribution is -2.35. The zero-order valence-corrected chi connectivity index (χ0v) is 18.1. The Morgan fingerprint density at radius 3 is 2.87 bits per heavy atom. The maximum Gasteiger partial charge on any atom is 0.286 e. The van der Waals surface area contributed by atoms with Crippen LogP contribution in [0.3, 0.4) is 0 Å². The first kappa shape index (κ1) is 19.5. The Morgan fingerprint density at radius 1 is 1.13 bits per heavy atom. The fourth-order valence-electron chi connectivity index (χ4n) is 3.74. The van der Waals surface area contributed by atoms with Crippen LogP contribution in [0.25, 0.3) is 10.2 Å². The van der Waals surface area contributed by atoms with Crippen LogP contribution >= 0.6 is 22.9 Å². The van der Waals surface area contributed by atoms with E-state index < -0.39 is 15.9 Å². The molecule has 1 N–H and O–H groups in total. The van der Waals surface area contributed by atoms with Gasteiger partial charge in [-0.25, -0.2) is 4.98 Å². The van der Waals surface area contributed by atoms with E-state index in [1.807, 2.05) is 4.90 Å². The van der Waals surface area contributed by atoms with Crippen LogP contribution in [0.5, 0.6) is 0 Å². The van der Waals surface area contributed by atoms with Gasteiger partial charge in [0, 0.05) is 23.6 Å². The number of hydrogen-bond donors (Lipinski definition) is 1. The Labute approximate surface area is 182 Å². The van der Waals surface area contributed by atoms with Crippen LogP contribution in [-0.4, -0.2) is 31.7 Å². The van der Waals surface area contributed by atoms with E-state index in [0.717, 1.165) is 36.0 Å². The van der Waals surface area contributed by atoms with Crippen molar-refractivity contribution in [3.05, 3.63) is 47.0 Å². The Bertz CT molecular complexity index is 1320. The van der Waals surface area contributed by atoms with E-state index in [1.165, 1.54) is 17.4 Å². The first-order chi connectivity index (χ1) is 14.4. The molecule has 1 fully saturated rings. The summed E-state index contributed by atoms with van der Waals surface area (Å²) in [7, 11) is -3.84. The van der Waals surface area contributed by atoms with Crippen LogP contribution < -0.4 is 10.2 Å². The number of thiazole rings is 1. The minimum atomic E-state index is -3.84. The highest BCUT2D eigenvalue weighted by atomic mass is 35.5. The van der Waals surface area contributed by atoms with Crippen molar-refractivity contribution in [2.45, 2.75) is 30.6 Å². The largest absolute Gasteiger partial charge is 0.328 e. The highest BCUT2D eigenvalue weighted by molar-refractivity contribution is 7.90. The Hall–Kier alpha value is -2.49. The van der Waals surface area contributed by atoms with Gasteiger partial charge >= 0.3 is 0 Å². The average molecular weight is 461 g/mol. The van der Waals surface area contributed by atoms with Gasteiger partial charge in [-0.3, -0.25) is 10.1 Å².